The molecule has 0 aliphatic rings. The molecule has 2 aromatic rings. The number of hydrogen-bond donors (Lipinski definition) is 1. The van der Waals surface area contributed by atoms with Crippen molar-refractivity contribution in [1.82, 2.24) is 9.78 Å². The van der Waals surface area contributed by atoms with Gasteiger partial charge in [-0.1, -0.05) is 0 Å². The smallest absolute Gasteiger partial charge is 0.124 e. The predicted molar refractivity (Wildman–Crippen MR) is 54.0 cm³/mol. The second kappa shape index (κ2) is 3.57. The maximum absolute atomic E-state index is 5.43. The Balaban J connectivity index is 1.98. The fourth-order valence-electron chi connectivity index (χ4n) is 1.31. The molecule has 4 nitrogen and oxygen atoms in total. The number of furan rings is 1. The van der Waals surface area contributed by atoms with Crippen LogP contribution in [-0.4, -0.2) is 9.78 Å². The molecule has 0 aromatic carbocycles. The molecule has 74 valence electrons. The van der Waals surface area contributed by atoms with Crippen LogP contribution in [0.3, 0.4) is 0 Å². The molecule has 0 unspecified atom stereocenters. The Hall–Kier alpha value is -1.71. The zero-order valence-corrected chi connectivity index (χ0v) is 8.32. The molecule has 0 amide bonds. The van der Waals surface area contributed by atoms with Crippen LogP contribution in [0.15, 0.2) is 28.8 Å². The highest BCUT2D eigenvalue weighted by atomic mass is 16.3. The Labute approximate surface area is 82.5 Å². The summed E-state index contributed by atoms with van der Waals surface area (Å²) in [5.41, 5.74) is 0. The molecule has 0 atom stereocenters. The van der Waals surface area contributed by atoms with E-state index in [0.29, 0.717) is 6.54 Å². The quantitative estimate of drug-likeness (QED) is 0.806. The fourth-order valence-corrected chi connectivity index (χ4v) is 1.31. The molecule has 0 spiro atoms. The van der Waals surface area contributed by atoms with E-state index in [1.165, 1.54) is 0 Å². The van der Waals surface area contributed by atoms with E-state index >= 15 is 0 Å². The lowest BCUT2D eigenvalue weighted by Gasteiger charge is -2.03. The Morgan fingerprint density at radius 2 is 2.29 bits per heavy atom. The minimum Gasteiger partial charge on any atom is -0.465 e. The molecular weight excluding hydrogens is 178 g/mol. The van der Waals surface area contributed by atoms with Gasteiger partial charge in [0.15, 0.2) is 0 Å². The minimum absolute atomic E-state index is 0.688. The lowest BCUT2D eigenvalue weighted by Crippen LogP contribution is -2.03. The topological polar surface area (TPSA) is 43.0 Å². The van der Waals surface area contributed by atoms with Crippen molar-refractivity contribution in [2.24, 2.45) is 7.05 Å². The van der Waals surface area contributed by atoms with Crippen molar-refractivity contribution in [3.63, 3.8) is 0 Å². The summed E-state index contributed by atoms with van der Waals surface area (Å²) >= 11 is 0. The van der Waals surface area contributed by atoms with Crippen LogP contribution in [0.2, 0.25) is 0 Å². The van der Waals surface area contributed by atoms with Crippen LogP contribution < -0.4 is 5.32 Å². The summed E-state index contributed by atoms with van der Waals surface area (Å²) in [5.74, 6) is 2.86. The molecule has 0 saturated carbocycles. The zero-order chi connectivity index (χ0) is 9.97. The highest BCUT2D eigenvalue weighted by Crippen LogP contribution is 2.09. The maximum atomic E-state index is 5.43. The fraction of sp³-hybridized carbons (Fsp3) is 0.300. The van der Waals surface area contributed by atoms with E-state index in [1.54, 1.807) is 10.9 Å². The van der Waals surface area contributed by atoms with Crippen LogP contribution in [0.25, 0.3) is 0 Å². The number of nitrogens with zero attached hydrogens (tertiary/aromatic N) is 2. The lowest BCUT2D eigenvalue weighted by atomic mass is 10.4. The number of hydrogen-bond acceptors (Lipinski definition) is 3. The first-order valence-corrected chi connectivity index (χ1v) is 4.53. The Morgan fingerprint density at radius 3 is 2.86 bits per heavy atom. The van der Waals surface area contributed by atoms with Gasteiger partial charge in [0, 0.05) is 13.1 Å². The van der Waals surface area contributed by atoms with Crippen molar-refractivity contribution in [3.8, 4) is 0 Å². The summed E-state index contributed by atoms with van der Waals surface area (Å²) in [6.45, 7) is 2.63. The summed E-state index contributed by atoms with van der Waals surface area (Å²) in [7, 11) is 1.90. The van der Waals surface area contributed by atoms with Gasteiger partial charge < -0.3 is 9.73 Å². The third kappa shape index (κ3) is 1.79. The molecule has 0 fully saturated rings. The van der Waals surface area contributed by atoms with Crippen molar-refractivity contribution >= 4 is 5.82 Å². The van der Waals surface area contributed by atoms with Gasteiger partial charge in [0.25, 0.3) is 0 Å². The van der Waals surface area contributed by atoms with Gasteiger partial charge >= 0.3 is 0 Å². The van der Waals surface area contributed by atoms with Gasteiger partial charge in [-0.2, -0.15) is 5.10 Å². The molecule has 0 radical (unpaired) electrons. The second-order valence-electron chi connectivity index (χ2n) is 3.21. The predicted octanol–water partition coefficient (Wildman–Crippen LogP) is 1.93. The van der Waals surface area contributed by atoms with E-state index in [0.717, 1.165) is 17.3 Å². The van der Waals surface area contributed by atoms with Gasteiger partial charge in [0.05, 0.1) is 12.7 Å². The molecule has 1 N–H and O–H groups in total. The normalized spacial score (nSPS) is 10.4. The van der Waals surface area contributed by atoms with Crippen LogP contribution in [0.1, 0.15) is 11.5 Å². The van der Waals surface area contributed by atoms with Crippen LogP contribution >= 0.6 is 0 Å². The van der Waals surface area contributed by atoms with Crippen LogP contribution in [0, 0.1) is 6.92 Å². The molecule has 2 rings (SSSR count). The summed E-state index contributed by atoms with van der Waals surface area (Å²) in [5, 5.41) is 7.29. The summed E-state index contributed by atoms with van der Waals surface area (Å²) in [4.78, 5) is 0. The first kappa shape index (κ1) is 8.87. The molecule has 0 saturated heterocycles. The molecule has 2 heterocycles. The van der Waals surface area contributed by atoms with E-state index in [9.17, 15) is 0 Å². The monoisotopic (exact) mass is 191 g/mol. The third-order valence-corrected chi connectivity index (χ3v) is 2.06. The lowest BCUT2D eigenvalue weighted by molar-refractivity contribution is 0.490. The van der Waals surface area contributed by atoms with Crippen LogP contribution in [0.4, 0.5) is 5.82 Å². The van der Waals surface area contributed by atoms with Gasteiger partial charge in [-0.05, 0) is 19.1 Å². The molecule has 0 aliphatic heterocycles. The Kier molecular flexibility index (Phi) is 2.26. The molecular formula is C10H13N3O. The number of anilines is 1. The van der Waals surface area contributed by atoms with Gasteiger partial charge in [-0.15, -0.1) is 0 Å². The van der Waals surface area contributed by atoms with Gasteiger partial charge in [-0.3, -0.25) is 4.68 Å². The Bertz CT molecular complexity index is 416. The molecule has 2 aromatic heterocycles. The third-order valence-electron chi connectivity index (χ3n) is 2.06. The standard InChI is InChI=1S/C10H13N3O/c1-8-3-4-9(14-8)7-11-10-5-6-12-13(10)2/h3-6,11H,7H2,1-2H3. The van der Waals surface area contributed by atoms with Crippen molar-refractivity contribution in [2.45, 2.75) is 13.5 Å². The summed E-state index contributed by atoms with van der Waals surface area (Å²) < 4.78 is 7.22. The van der Waals surface area contributed by atoms with E-state index < -0.39 is 0 Å². The van der Waals surface area contributed by atoms with Crippen molar-refractivity contribution in [3.05, 3.63) is 35.9 Å². The number of rotatable bonds is 3. The minimum atomic E-state index is 0.688. The SMILES string of the molecule is Cc1ccc(CNc2ccnn2C)o1. The zero-order valence-electron chi connectivity index (χ0n) is 8.32. The van der Waals surface area contributed by atoms with E-state index in [4.69, 9.17) is 4.42 Å². The average Bonchev–Trinajstić information content (AvgIpc) is 2.72. The van der Waals surface area contributed by atoms with E-state index in [2.05, 4.69) is 10.4 Å². The van der Waals surface area contributed by atoms with E-state index in [1.807, 2.05) is 32.2 Å². The van der Waals surface area contributed by atoms with Crippen molar-refractivity contribution in [1.29, 1.82) is 0 Å². The number of aromatic nitrogens is 2. The largest absolute Gasteiger partial charge is 0.465 e. The van der Waals surface area contributed by atoms with Crippen molar-refractivity contribution < 1.29 is 4.42 Å². The first-order chi connectivity index (χ1) is 6.75. The molecule has 0 aliphatic carbocycles. The average molecular weight is 191 g/mol. The van der Waals surface area contributed by atoms with Gasteiger partial charge in [0.2, 0.25) is 0 Å². The van der Waals surface area contributed by atoms with Crippen LogP contribution in [-0.2, 0) is 13.6 Å². The molecule has 0 bridgehead atoms. The van der Waals surface area contributed by atoms with E-state index in [-0.39, 0.29) is 0 Å². The highest BCUT2D eigenvalue weighted by molar-refractivity contribution is 5.33. The van der Waals surface area contributed by atoms with Crippen LogP contribution in [0.5, 0.6) is 0 Å². The summed E-state index contributed by atoms with van der Waals surface area (Å²) in [6.07, 6.45) is 1.76. The van der Waals surface area contributed by atoms with Crippen molar-refractivity contribution in [2.75, 3.05) is 5.32 Å². The summed E-state index contributed by atoms with van der Waals surface area (Å²) in [6, 6.07) is 5.86. The highest BCUT2D eigenvalue weighted by Gasteiger charge is 2.00. The Morgan fingerprint density at radius 1 is 1.43 bits per heavy atom. The molecule has 14 heavy (non-hydrogen) atoms. The second-order valence-corrected chi connectivity index (χ2v) is 3.21. The molecule has 4 heteroatoms. The van der Waals surface area contributed by atoms with Gasteiger partial charge in [-0.25, -0.2) is 0 Å². The first-order valence-electron chi connectivity index (χ1n) is 4.53. The van der Waals surface area contributed by atoms with Gasteiger partial charge in [0.1, 0.15) is 17.3 Å². The number of aryl methyl sites for hydroxylation is 2. The maximum Gasteiger partial charge on any atom is 0.124 e. The number of nitrogens with one attached hydrogen (secondary N) is 1.